The molecular formula is C17H14O9. The second kappa shape index (κ2) is 7.90. The molecule has 0 fully saturated rings. The molecule has 2 aromatic rings. The summed E-state index contributed by atoms with van der Waals surface area (Å²) in [6.45, 7) is 2.62. The van der Waals surface area contributed by atoms with E-state index in [1.807, 2.05) is 0 Å². The molecule has 0 atom stereocenters. The van der Waals surface area contributed by atoms with Crippen molar-refractivity contribution < 1.29 is 44.5 Å². The number of ketones is 1. The number of phenolic OH excluding ortho intramolecular Hbond substituents is 2. The number of carboxylic acid groups (broad SMARTS) is 1. The summed E-state index contributed by atoms with van der Waals surface area (Å²) in [6.07, 6.45) is 0. The van der Waals surface area contributed by atoms with Crippen molar-refractivity contribution in [3.8, 4) is 23.0 Å². The highest BCUT2D eigenvalue weighted by Crippen LogP contribution is 2.31. The zero-order valence-electron chi connectivity index (χ0n) is 13.2. The Kier molecular flexibility index (Phi) is 5.66. The van der Waals surface area contributed by atoms with Crippen LogP contribution in [0.4, 0.5) is 0 Å². The van der Waals surface area contributed by atoms with Crippen LogP contribution < -0.4 is 9.47 Å². The Balaban J connectivity index is 2.23. The van der Waals surface area contributed by atoms with Crippen molar-refractivity contribution in [3.63, 3.8) is 0 Å². The number of phenols is 2. The molecule has 0 aliphatic carbocycles. The van der Waals surface area contributed by atoms with E-state index in [-0.39, 0.29) is 22.6 Å². The minimum absolute atomic E-state index is 0.0553. The van der Waals surface area contributed by atoms with Crippen LogP contribution in [0.2, 0.25) is 0 Å². The Hall–Kier alpha value is -3.72. The van der Waals surface area contributed by atoms with Crippen molar-refractivity contribution in [2.75, 3.05) is 6.61 Å². The Bertz CT molecular complexity index is 857. The smallest absolute Gasteiger partial charge is 0.341 e. The van der Waals surface area contributed by atoms with Gasteiger partial charge in [0, 0.05) is 12.1 Å². The van der Waals surface area contributed by atoms with Crippen LogP contribution in [0, 0.1) is 0 Å². The van der Waals surface area contributed by atoms with Crippen LogP contribution in [0.5, 0.6) is 23.0 Å². The third-order valence-electron chi connectivity index (χ3n) is 3.12. The van der Waals surface area contributed by atoms with Crippen LogP contribution in [-0.4, -0.2) is 38.9 Å². The molecule has 2 aromatic carbocycles. The van der Waals surface area contributed by atoms with Gasteiger partial charge >= 0.3 is 11.9 Å². The Morgan fingerprint density at radius 3 is 2.00 bits per heavy atom. The van der Waals surface area contributed by atoms with Crippen LogP contribution in [-0.2, 0) is 9.68 Å². The van der Waals surface area contributed by atoms with E-state index in [4.69, 9.17) is 19.8 Å². The van der Waals surface area contributed by atoms with E-state index in [2.05, 4.69) is 11.5 Å². The fourth-order valence-electron chi connectivity index (χ4n) is 2.00. The van der Waals surface area contributed by atoms with Gasteiger partial charge in [0.05, 0.1) is 11.1 Å². The number of carboxylic acids is 1. The van der Waals surface area contributed by atoms with Gasteiger partial charge in [-0.05, 0) is 30.8 Å². The van der Waals surface area contributed by atoms with Crippen molar-refractivity contribution >= 4 is 11.8 Å². The largest absolute Gasteiger partial charge is 0.507 e. The predicted molar refractivity (Wildman–Crippen MR) is 86.3 cm³/mol. The lowest BCUT2D eigenvalue weighted by Crippen LogP contribution is -2.09. The number of aromatic hydroxyl groups is 2. The molecule has 136 valence electrons. The summed E-state index contributed by atoms with van der Waals surface area (Å²) >= 11 is 0. The Labute approximate surface area is 146 Å². The first kappa shape index (κ1) is 18.6. The zero-order valence-corrected chi connectivity index (χ0v) is 13.2. The van der Waals surface area contributed by atoms with E-state index in [0.717, 1.165) is 12.1 Å². The number of benzene rings is 2. The third-order valence-corrected chi connectivity index (χ3v) is 3.12. The van der Waals surface area contributed by atoms with Crippen molar-refractivity contribution in [1.82, 2.24) is 0 Å². The van der Waals surface area contributed by atoms with Gasteiger partial charge in [-0.3, -0.25) is 4.79 Å². The van der Waals surface area contributed by atoms with Crippen LogP contribution in [0.15, 0.2) is 48.9 Å². The maximum atomic E-state index is 12.5. The van der Waals surface area contributed by atoms with E-state index in [1.54, 1.807) is 0 Å². The quantitative estimate of drug-likeness (QED) is 0.240. The van der Waals surface area contributed by atoms with E-state index < -0.39 is 35.8 Å². The predicted octanol–water partition coefficient (Wildman–Crippen LogP) is 2.13. The lowest BCUT2D eigenvalue weighted by Gasteiger charge is -2.10. The summed E-state index contributed by atoms with van der Waals surface area (Å²) in [6, 6.07) is 7.30. The van der Waals surface area contributed by atoms with Gasteiger partial charge in [-0.15, -0.1) is 0 Å². The molecule has 4 N–H and O–H groups in total. The first-order chi connectivity index (χ1) is 12.3. The second-order valence-corrected chi connectivity index (χ2v) is 4.93. The molecule has 9 nitrogen and oxygen atoms in total. The van der Waals surface area contributed by atoms with Crippen LogP contribution in [0.25, 0.3) is 0 Å². The standard InChI is InChI=1S/C17H14O9/c1-9(26-23)25-11-3-5-13(15(19)7-11)17(22)12-4-2-10(6-14(12)18)24-8-16(20)21/h2-7,18-19,23H,1,8H2,(H,20,21). The number of carbonyl (C=O) groups is 2. The monoisotopic (exact) mass is 362 g/mol. The average Bonchev–Trinajstić information content (AvgIpc) is 2.59. The molecule has 0 aromatic heterocycles. The number of rotatable bonds is 8. The molecule has 26 heavy (non-hydrogen) atoms. The van der Waals surface area contributed by atoms with Gasteiger partial charge in [0.25, 0.3) is 0 Å². The van der Waals surface area contributed by atoms with Crippen molar-refractivity contribution in [1.29, 1.82) is 0 Å². The molecule has 0 spiro atoms. The molecule has 0 saturated carbocycles. The SMILES string of the molecule is C=C(OO)Oc1ccc(C(=O)c2ccc(OCC(=O)O)cc2O)c(O)c1. The van der Waals surface area contributed by atoms with Gasteiger partial charge in [-0.25, -0.2) is 4.79 Å². The van der Waals surface area contributed by atoms with Crippen molar-refractivity contribution in [2.24, 2.45) is 0 Å². The zero-order chi connectivity index (χ0) is 19.3. The number of aliphatic carboxylic acids is 1. The lowest BCUT2D eigenvalue weighted by molar-refractivity contribution is -0.230. The summed E-state index contributed by atoms with van der Waals surface area (Å²) in [5, 5.41) is 36.9. The van der Waals surface area contributed by atoms with Gasteiger partial charge < -0.3 is 29.7 Å². The number of ether oxygens (including phenoxy) is 2. The molecular weight excluding hydrogens is 348 g/mol. The first-order valence-electron chi connectivity index (χ1n) is 7.05. The van der Waals surface area contributed by atoms with Crippen LogP contribution in [0.1, 0.15) is 15.9 Å². The van der Waals surface area contributed by atoms with Crippen LogP contribution >= 0.6 is 0 Å². The minimum atomic E-state index is -1.19. The maximum Gasteiger partial charge on any atom is 0.341 e. The summed E-state index contributed by atoms with van der Waals surface area (Å²) in [5.41, 5.74) is -0.248. The minimum Gasteiger partial charge on any atom is -0.507 e. The van der Waals surface area contributed by atoms with E-state index in [9.17, 15) is 19.8 Å². The number of hydrogen-bond acceptors (Lipinski definition) is 8. The molecule has 0 amide bonds. The molecule has 0 saturated heterocycles. The molecule has 0 aliphatic rings. The normalized spacial score (nSPS) is 10.0. The van der Waals surface area contributed by atoms with Gasteiger partial charge in [0.2, 0.25) is 0 Å². The summed E-state index contributed by atoms with van der Waals surface area (Å²) in [4.78, 5) is 26.7. The lowest BCUT2D eigenvalue weighted by atomic mass is 10.0. The molecule has 9 heteroatoms. The fraction of sp³-hybridized carbons (Fsp3) is 0.0588. The van der Waals surface area contributed by atoms with E-state index in [1.165, 1.54) is 24.3 Å². The first-order valence-corrected chi connectivity index (χ1v) is 7.05. The summed E-state index contributed by atoms with van der Waals surface area (Å²) < 4.78 is 9.82. The molecule has 0 bridgehead atoms. The molecule has 2 rings (SSSR count). The highest BCUT2D eigenvalue weighted by molar-refractivity contribution is 6.12. The highest BCUT2D eigenvalue weighted by atomic mass is 17.1. The third kappa shape index (κ3) is 4.42. The van der Waals surface area contributed by atoms with E-state index in [0.29, 0.717) is 0 Å². The number of hydrogen-bond donors (Lipinski definition) is 4. The Morgan fingerprint density at radius 1 is 0.962 bits per heavy atom. The summed E-state index contributed by atoms with van der Waals surface area (Å²) in [7, 11) is 0. The topological polar surface area (TPSA) is 143 Å². The van der Waals surface area contributed by atoms with Crippen molar-refractivity contribution in [3.05, 3.63) is 60.0 Å². The fourth-order valence-corrected chi connectivity index (χ4v) is 2.00. The Morgan fingerprint density at radius 2 is 1.50 bits per heavy atom. The highest BCUT2D eigenvalue weighted by Gasteiger charge is 2.18. The van der Waals surface area contributed by atoms with Gasteiger partial charge in [-0.2, -0.15) is 5.26 Å². The van der Waals surface area contributed by atoms with E-state index >= 15 is 0 Å². The molecule has 0 radical (unpaired) electrons. The van der Waals surface area contributed by atoms with Crippen LogP contribution in [0.3, 0.4) is 0 Å². The maximum absolute atomic E-state index is 12.5. The van der Waals surface area contributed by atoms with Gasteiger partial charge in [0.15, 0.2) is 12.4 Å². The van der Waals surface area contributed by atoms with Gasteiger partial charge in [0.1, 0.15) is 23.0 Å². The molecule has 0 heterocycles. The second-order valence-electron chi connectivity index (χ2n) is 4.93. The average molecular weight is 362 g/mol. The molecule has 0 unspecified atom stereocenters. The van der Waals surface area contributed by atoms with Gasteiger partial charge in [-0.1, -0.05) is 0 Å². The molecule has 0 aliphatic heterocycles. The number of carbonyl (C=O) groups excluding carboxylic acids is 1. The summed E-state index contributed by atoms with van der Waals surface area (Å²) in [5.74, 6) is -3.07. The van der Waals surface area contributed by atoms with Crippen molar-refractivity contribution in [2.45, 2.75) is 0 Å².